The normalized spacial score (nSPS) is 21.3. The first-order valence-corrected chi connectivity index (χ1v) is 11.6. The molecule has 200 valence electrons. The highest BCUT2D eigenvalue weighted by molar-refractivity contribution is 5.94. The van der Waals surface area contributed by atoms with Gasteiger partial charge in [0.15, 0.2) is 0 Å². The molecule has 0 radical (unpaired) electrons. The molecule has 2 amide bonds. The lowest BCUT2D eigenvalue weighted by Crippen LogP contribution is -2.47. The number of pyridine rings is 1. The zero-order chi connectivity index (χ0) is 27.4. The number of rotatable bonds is 3. The molecule has 0 aliphatic carbocycles. The molecule has 2 aliphatic rings. The molecule has 0 bridgehead atoms. The van der Waals surface area contributed by atoms with Crippen LogP contribution in [0.25, 0.3) is 0 Å². The SMILES string of the molecule is CN(C)C(=O)[C@]12CCCN(C(=O)c3cccc(F)c3)C[C@H]1CN(c1ccccn1)C2.O=C(O)C(F)(F)F. The van der Waals surface area contributed by atoms with Crippen molar-refractivity contribution in [3.05, 3.63) is 60.0 Å². The van der Waals surface area contributed by atoms with Gasteiger partial charge in [-0.3, -0.25) is 9.59 Å². The van der Waals surface area contributed by atoms with Crippen molar-refractivity contribution in [2.45, 2.75) is 19.0 Å². The third kappa shape index (κ3) is 6.36. The molecule has 3 heterocycles. The quantitative estimate of drug-likeness (QED) is 0.620. The van der Waals surface area contributed by atoms with E-state index in [1.807, 2.05) is 18.2 Å². The molecule has 1 aromatic heterocycles. The molecule has 12 heteroatoms. The van der Waals surface area contributed by atoms with Crippen molar-refractivity contribution in [2.75, 3.05) is 45.2 Å². The summed E-state index contributed by atoms with van der Waals surface area (Å²) in [5.41, 5.74) is -0.209. The first-order chi connectivity index (χ1) is 17.3. The maximum Gasteiger partial charge on any atom is 0.490 e. The Morgan fingerprint density at radius 3 is 2.38 bits per heavy atom. The van der Waals surface area contributed by atoms with Gasteiger partial charge in [0.05, 0.1) is 5.41 Å². The molecule has 2 aliphatic heterocycles. The minimum Gasteiger partial charge on any atom is -0.475 e. The van der Waals surface area contributed by atoms with E-state index in [9.17, 15) is 27.2 Å². The molecular weight excluding hydrogens is 496 g/mol. The number of anilines is 1. The molecule has 1 aromatic carbocycles. The Bertz CT molecular complexity index is 1130. The van der Waals surface area contributed by atoms with E-state index in [2.05, 4.69) is 9.88 Å². The topological polar surface area (TPSA) is 94.1 Å². The van der Waals surface area contributed by atoms with Gasteiger partial charge in [-0.1, -0.05) is 12.1 Å². The number of carbonyl (C=O) groups excluding carboxylic acids is 2. The summed E-state index contributed by atoms with van der Waals surface area (Å²) in [5, 5.41) is 7.12. The van der Waals surface area contributed by atoms with Crippen LogP contribution in [-0.4, -0.2) is 84.1 Å². The lowest BCUT2D eigenvalue weighted by molar-refractivity contribution is -0.192. The first kappa shape index (κ1) is 27.9. The number of carboxylic acids is 1. The van der Waals surface area contributed by atoms with Crippen LogP contribution in [0.3, 0.4) is 0 Å². The molecule has 37 heavy (non-hydrogen) atoms. The number of aliphatic carboxylic acids is 1. The van der Waals surface area contributed by atoms with Gasteiger partial charge in [0.25, 0.3) is 5.91 Å². The summed E-state index contributed by atoms with van der Waals surface area (Å²) < 4.78 is 45.4. The Kier molecular flexibility index (Phi) is 8.39. The largest absolute Gasteiger partial charge is 0.490 e. The lowest BCUT2D eigenvalue weighted by atomic mass is 9.74. The van der Waals surface area contributed by atoms with Crippen LogP contribution >= 0.6 is 0 Å². The molecule has 4 rings (SSSR count). The number of amides is 2. The number of hydrogen-bond acceptors (Lipinski definition) is 5. The predicted octanol–water partition coefficient (Wildman–Crippen LogP) is 3.30. The monoisotopic (exact) mass is 524 g/mol. The summed E-state index contributed by atoms with van der Waals surface area (Å²) in [5.74, 6) is -2.43. The molecule has 2 atom stereocenters. The van der Waals surface area contributed by atoms with Crippen molar-refractivity contribution in [3.63, 3.8) is 0 Å². The van der Waals surface area contributed by atoms with E-state index in [0.29, 0.717) is 38.2 Å². The predicted molar refractivity (Wildman–Crippen MR) is 126 cm³/mol. The molecule has 0 unspecified atom stereocenters. The van der Waals surface area contributed by atoms with Crippen LogP contribution in [-0.2, 0) is 9.59 Å². The van der Waals surface area contributed by atoms with Crippen LogP contribution < -0.4 is 4.90 Å². The Labute approximate surface area is 211 Å². The van der Waals surface area contributed by atoms with Gasteiger partial charge in [-0.2, -0.15) is 13.2 Å². The van der Waals surface area contributed by atoms with E-state index < -0.39 is 23.4 Å². The fourth-order valence-corrected chi connectivity index (χ4v) is 4.93. The number of halogens is 4. The molecule has 2 fully saturated rings. The summed E-state index contributed by atoms with van der Waals surface area (Å²) in [6.45, 7) is 2.29. The molecule has 8 nitrogen and oxygen atoms in total. The number of alkyl halides is 3. The fourth-order valence-electron chi connectivity index (χ4n) is 4.93. The van der Waals surface area contributed by atoms with Crippen molar-refractivity contribution >= 4 is 23.6 Å². The molecule has 0 spiro atoms. The minimum atomic E-state index is -5.08. The Morgan fingerprint density at radius 1 is 1.11 bits per heavy atom. The first-order valence-electron chi connectivity index (χ1n) is 11.6. The number of carbonyl (C=O) groups is 3. The van der Waals surface area contributed by atoms with E-state index >= 15 is 0 Å². The highest BCUT2D eigenvalue weighted by Crippen LogP contribution is 2.45. The van der Waals surface area contributed by atoms with Crippen molar-refractivity contribution in [1.29, 1.82) is 0 Å². The van der Waals surface area contributed by atoms with Gasteiger partial charge in [0, 0.05) is 58.0 Å². The lowest BCUT2D eigenvalue weighted by Gasteiger charge is -2.34. The summed E-state index contributed by atoms with van der Waals surface area (Å²) in [6, 6.07) is 11.6. The number of likely N-dealkylation sites (tertiary alicyclic amines) is 1. The van der Waals surface area contributed by atoms with E-state index in [1.54, 1.807) is 42.2 Å². The van der Waals surface area contributed by atoms with Gasteiger partial charge in [0.2, 0.25) is 5.91 Å². The average Bonchev–Trinajstić information content (AvgIpc) is 3.12. The van der Waals surface area contributed by atoms with Crippen molar-refractivity contribution in [2.24, 2.45) is 11.3 Å². The second-order valence-electron chi connectivity index (χ2n) is 9.29. The smallest absolute Gasteiger partial charge is 0.475 e. The Hall–Kier alpha value is -3.70. The molecule has 0 saturated carbocycles. The molecule has 1 N–H and O–H groups in total. The molecule has 2 aromatic rings. The number of nitrogens with zero attached hydrogens (tertiary/aromatic N) is 4. The minimum absolute atomic E-state index is 0.0191. The summed E-state index contributed by atoms with van der Waals surface area (Å²) in [7, 11) is 3.58. The number of aromatic nitrogens is 1. The van der Waals surface area contributed by atoms with Crippen LogP contribution in [0.5, 0.6) is 0 Å². The van der Waals surface area contributed by atoms with Crippen LogP contribution in [0, 0.1) is 17.2 Å². The Morgan fingerprint density at radius 2 is 1.81 bits per heavy atom. The maximum atomic E-state index is 13.7. The number of hydrogen-bond donors (Lipinski definition) is 1. The second-order valence-corrected chi connectivity index (χ2v) is 9.29. The summed E-state index contributed by atoms with van der Waals surface area (Å²) in [6.07, 6.45) is -1.89. The summed E-state index contributed by atoms with van der Waals surface area (Å²) >= 11 is 0. The van der Waals surface area contributed by atoms with E-state index in [0.717, 1.165) is 12.2 Å². The van der Waals surface area contributed by atoms with Crippen LogP contribution in [0.2, 0.25) is 0 Å². The van der Waals surface area contributed by atoms with Gasteiger partial charge in [-0.15, -0.1) is 0 Å². The van der Waals surface area contributed by atoms with Crippen LogP contribution in [0.1, 0.15) is 23.2 Å². The van der Waals surface area contributed by atoms with Gasteiger partial charge in [0.1, 0.15) is 11.6 Å². The van der Waals surface area contributed by atoms with Crippen LogP contribution in [0.4, 0.5) is 23.4 Å². The van der Waals surface area contributed by atoms with Crippen molar-refractivity contribution in [1.82, 2.24) is 14.8 Å². The molecular formula is C25H28F4N4O4. The molecule has 2 saturated heterocycles. The maximum absolute atomic E-state index is 13.7. The van der Waals surface area contributed by atoms with Gasteiger partial charge in [-0.05, 0) is 43.2 Å². The number of benzene rings is 1. The highest BCUT2D eigenvalue weighted by Gasteiger charge is 2.54. The third-order valence-corrected chi connectivity index (χ3v) is 6.59. The van der Waals surface area contributed by atoms with Crippen LogP contribution in [0.15, 0.2) is 48.7 Å². The number of carboxylic acid groups (broad SMARTS) is 1. The highest BCUT2D eigenvalue weighted by atomic mass is 19.4. The van der Waals surface area contributed by atoms with Crippen molar-refractivity contribution < 1.29 is 37.1 Å². The van der Waals surface area contributed by atoms with Gasteiger partial charge < -0.3 is 19.8 Å². The Balaban J connectivity index is 0.000000479. The van der Waals surface area contributed by atoms with E-state index in [1.165, 1.54) is 12.1 Å². The fraction of sp³-hybridized carbons (Fsp3) is 0.440. The van der Waals surface area contributed by atoms with E-state index in [4.69, 9.17) is 9.90 Å². The zero-order valence-electron chi connectivity index (χ0n) is 20.4. The average molecular weight is 525 g/mol. The standard InChI is InChI=1S/C23H27FN4O2.C2HF3O2/c1-26(2)22(30)23-10-6-12-27(21(29)17-7-5-8-19(24)13-17)14-18(23)15-28(16-23)20-9-3-4-11-25-20;3-2(4,5)1(6)7/h3-5,7-9,11,13,18H,6,10,12,14-16H2,1-2H3;(H,6,7)/t18-,23-;/m0./s1. The van der Waals surface area contributed by atoms with Gasteiger partial charge in [-0.25, -0.2) is 14.2 Å². The van der Waals surface area contributed by atoms with Crippen molar-refractivity contribution in [3.8, 4) is 0 Å². The van der Waals surface area contributed by atoms with Gasteiger partial charge >= 0.3 is 12.1 Å². The summed E-state index contributed by atoms with van der Waals surface area (Å²) in [4.78, 5) is 45.4. The van der Waals surface area contributed by atoms with E-state index in [-0.39, 0.29) is 17.7 Å². The third-order valence-electron chi connectivity index (χ3n) is 6.59. The number of fused-ring (bicyclic) bond motifs is 1. The zero-order valence-corrected chi connectivity index (χ0v) is 20.4. The second kappa shape index (κ2) is 11.1.